The maximum atomic E-state index is 14.1. The zero-order valence-corrected chi connectivity index (χ0v) is 12.2. The summed E-state index contributed by atoms with van der Waals surface area (Å²) in [4.78, 5) is 4.93. The van der Waals surface area contributed by atoms with Crippen molar-refractivity contribution in [1.82, 2.24) is 4.90 Å². The molecule has 20 heavy (non-hydrogen) atoms. The van der Waals surface area contributed by atoms with Gasteiger partial charge in [-0.3, -0.25) is 4.90 Å². The number of fused-ring (bicyclic) bond motifs is 1. The lowest BCUT2D eigenvalue weighted by Gasteiger charge is -2.30. The number of nitrogens with zero attached hydrogens (tertiary/aromatic N) is 2. The Morgan fingerprint density at radius 1 is 1.25 bits per heavy atom. The van der Waals surface area contributed by atoms with Crippen LogP contribution in [0.15, 0.2) is 18.2 Å². The van der Waals surface area contributed by atoms with E-state index < -0.39 is 0 Å². The number of hydrogen-bond acceptors (Lipinski definition) is 3. The Balaban J connectivity index is 1.90. The number of benzene rings is 1. The quantitative estimate of drug-likeness (QED) is 0.901. The molecule has 2 saturated heterocycles. The van der Waals surface area contributed by atoms with E-state index in [0.717, 1.165) is 25.2 Å². The van der Waals surface area contributed by atoms with Crippen LogP contribution in [0.4, 0.5) is 10.1 Å². The molecule has 2 aliphatic rings. The minimum Gasteiger partial charge on any atom is -0.370 e. The fourth-order valence-electron chi connectivity index (χ4n) is 3.68. The normalized spacial score (nSPS) is 25.4. The first-order valence-electron chi connectivity index (χ1n) is 7.70. The van der Waals surface area contributed by atoms with Crippen molar-refractivity contribution in [3.05, 3.63) is 29.6 Å². The summed E-state index contributed by atoms with van der Waals surface area (Å²) < 4.78 is 14.1. The highest BCUT2D eigenvalue weighted by Gasteiger charge is 2.30. The van der Waals surface area contributed by atoms with Crippen LogP contribution in [0, 0.1) is 5.82 Å². The molecule has 2 aliphatic heterocycles. The minimum absolute atomic E-state index is 0.176. The molecular weight excluding hydrogens is 253 g/mol. The molecule has 0 radical (unpaired) electrons. The number of halogens is 1. The molecule has 2 atom stereocenters. The number of nitrogens with two attached hydrogens (primary N) is 1. The Bertz CT molecular complexity index is 475. The van der Waals surface area contributed by atoms with E-state index in [0.29, 0.717) is 11.6 Å². The Labute approximate surface area is 120 Å². The van der Waals surface area contributed by atoms with Crippen molar-refractivity contribution in [1.29, 1.82) is 0 Å². The smallest absolute Gasteiger partial charge is 0.130 e. The second kappa shape index (κ2) is 5.70. The maximum Gasteiger partial charge on any atom is 0.130 e. The van der Waals surface area contributed by atoms with Gasteiger partial charge < -0.3 is 10.6 Å². The van der Waals surface area contributed by atoms with E-state index >= 15 is 0 Å². The summed E-state index contributed by atoms with van der Waals surface area (Å²) in [6.07, 6.45) is 3.70. The third kappa shape index (κ3) is 2.54. The van der Waals surface area contributed by atoms with Crippen LogP contribution in [0.2, 0.25) is 0 Å². The lowest BCUT2D eigenvalue weighted by atomic mass is 10.0. The molecule has 2 N–H and O–H groups in total. The zero-order valence-electron chi connectivity index (χ0n) is 12.2. The Kier molecular flexibility index (Phi) is 3.94. The number of hydrogen-bond donors (Lipinski definition) is 1. The third-order valence-electron chi connectivity index (χ3n) is 4.63. The molecule has 3 rings (SSSR count). The minimum atomic E-state index is -0.269. The van der Waals surface area contributed by atoms with Gasteiger partial charge >= 0.3 is 0 Å². The van der Waals surface area contributed by atoms with Gasteiger partial charge in [0.2, 0.25) is 0 Å². The molecule has 0 bridgehead atoms. The lowest BCUT2D eigenvalue weighted by molar-refractivity contribution is 0.273. The van der Waals surface area contributed by atoms with Crippen LogP contribution >= 0.6 is 0 Å². The summed E-state index contributed by atoms with van der Waals surface area (Å²) in [5.74, 6) is -0.176. The van der Waals surface area contributed by atoms with E-state index in [2.05, 4.69) is 9.80 Å². The summed E-state index contributed by atoms with van der Waals surface area (Å²) in [7, 11) is 0. The third-order valence-corrected chi connectivity index (χ3v) is 4.63. The SMILES string of the molecule is CC(N)c1c(F)cccc1N1CCCN2CCCC2C1. The van der Waals surface area contributed by atoms with Crippen LogP contribution in [0.1, 0.15) is 37.8 Å². The van der Waals surface area contributed by atoms with Crippen LogP contribution < -0.4 is 10.6 Å². The molecule has 3 nitrogen and oxygen atoms in total. The van der Waals surface area contributed by atoms with Crippen LogP contribution in [-0.2, 0) is 0 Å². The molecule has 0 aliphatic carbocycles. The summed E-state index contributed by atoms with van der Waals surface area (Å²) >= 11 is 0. The average molecular weight is 277 g/mol. The first-order valence-corrected chi connectivity index (χ1v) is 7.70. The van der Waals surface area contributed by atoms with Gasteiger partial charge in [0.25, 0.3) is 0 Å². The molecule has 1 aromatic rings. The Morgan fingerprint density at radius 3 is 2.85 bits per heavy atom. The van der Waals surface area contributed by atoms with Crippen molar-refractivity contribution in [2.45, 2.75) is 38.3 Å². The van der Waals surface area contributed by atoms with E-state index in [1.807, 2.05) is 13.0 Å². The zero-order chi connectivity index (χ0) is 14.1. The van der Waals surface area contributed by atoms with Gasteiger partial charge in [0.05, 0.1) is 0 Å². The highest BCUT2D eigenvalue weighted by atomic mass is 19.1. The van der Waals surface area contributed by atoms with Gasteiger partial charge in [-0.05, 0) is 44.9 Å². The van der Waals surface area contributed by atoms with Crippen molar-refractivity contribution in [3.63, 3.8) is 0 Å². The second-order valence-corrected chi connectivity index (χ2v) is 6.09. The number of rotatable bonds is 2. The fourth-order valence-corrected chi connectivity index (χ4v) is 3.68. The monoisotopic (exact) mass is 277 g/mol. The van der Waals surface area contributed by atoms with Crippen LogP contribution in [-0.4, -0.2) is 37.1 Å². The molecule has 2 heterocycles. The highest BCUT2D eigenvalue weighted by Crippen LogP contribution is 2.31. The summed E-state index contributed by atoms with van der Waals surface area (Å²) in [5, 5.41) is 0. The van der Waals surface area contributed by atoms with Crippen molar-refractivity contribution >= 4 is 5.69 Å². The molecule has 0 spiro atoms. The molecule has 110 valence electrons. The highest BCUT2D eigenvalue weighted by molar-refractivity contribution is 5.55. The van der Waals surface area contributed by atoms with Crippen LogP contribution in [0.3, 0.4) is 0 Å². The van der Waals surface area contributed by atoms with Crippen molar-refractivity contribution in [3.8, 4) is 0 Å². The van der Waals surface area contributed by atoms with Gasteiger partial charge in [-0.2, -0.15) is 0 Å². The summed E-state index contributed by atoms with van der Waals surface area (Å²) in [5.41, 5.74) is 7.65. The molecular formula is C16H24FN3. The molecule has 0 aromatic heterocycles. The van der Waals surface area contributed by atoms with Gasteiger partial charge in [0.1, 0.15) is 5.82 Å². The van der Waals surface area contributed by atoms with Crippen LogP contribution in [0.25, 0.3) is 0 Å². The van der Waals surface area contributed by atoms with E-state index in [1.165, 1.54) is 32.0 Å². The maximum absolute atomic E-state index is 14.1. The molecule has 0 amide bonds. The predicted molar refractivity (Wildman–Crippen MR) is 80.4 cm³/mol. The molecule has 2 fully saturated rings. The molecule has 0 saturated carbocycles. The van der Waals surface area contributed by atoms with Gasteiger partial charge in [-0.25, -0.2) is 4.39 Å². The Hall–Kier alpha value is -1.13. The van der Waals surface area contributed by atoms with E-state index in [9.17, 15) is 4.39 Å². The molecule has 4 heteroatoms. The van der Waals surface area contributed by atoms with Gasteiger partial charge in [-0.1, -0.05) is 6.07 Å². The topological polar surface area (TPSA) is 32.5 Å². The van der Waals surface area contributed by atoms with Crippen molar-refractivity contribution in [2.24, 2.45) is 5.73 Å². The van der Waals surface area contributed by atoms with E-state index in [4.69, 9.17) is 5.73 Å². The molecule has 1 aromatic carbocycles. The fraction of sp³-hybridized carbons (Fsp3) is 0.625. The van der Waals surface area contributed by atoms with E-state index in [1.54, 1.807) is 6.07 Å². The van der Waals surface area contributed by atoms with Crippen molar-refractivity contribution in [2.75, 3.05) is 31.1 Å². The van der Waals surface area contributed by atoms with Crippen molar-refractivity contribution < 1.29 is 4.39 Å². The first-order chi connectivity index (χ1) is 9.66. The number of anilines is 1. The van der Waals surface area contributed by atoms with E-state index in [-0.39, 0.29) is 11.9 Å². The second-order valence-electron chi connectivity index (χ2n) is 6.09. The Morgan fingerprint density at radius 2 is 2.05 bits per heavy atom. The predicted octanol–water partition coefficient (Wildman–Crippen LogP) is 2.52. The first kappa shape index (κ1) is 13.8. The molecule has 2 unspecified atom stereocenters. The standard InChI is InChI=1S/C16H24FN3/c1-12(18)16-14(17)6-2-7-15(16)20-10-4-9-19-8-3-5-13(19)11-20/h2,6-7,12-13H,3-5,8-11,18H2,1H3. The largest absolute Gasteiger partial charge is 0.370 e. The average Bonchev–Trinajstić information content (AvgIpc) is 2.75. The van der Waals surface area contributed by atoms with Gasteiger partial charge in [0.15, 0.2) is 0 Å². The summed E-state index contributed by atoms with van der Waals surface area (Å²) in [6, 6.07) is 5.69. The lowest BCUT2D eigenvalue weighted by Crippen LogP contribution is -2.37. The van der Waals surface area contributed by atoms with Gasteiger partial charge in [-0.15, -0.1) is 0 Å². The van der Waals surface area contributed by atoms with Gasteiger partial charge in [0, 0.05) is 43.0 Å². The van der Waals surface area contributed by atoms with Crippen LogP contribution in [0.5, 0.6) is 0 Å². The summed E-state index contributed by atoms with van der Waals surface area (Å²) in [6.45, 7) is 6.26.